The highest BCUT2D eigenvalue weighted by molar-refractivity contribution is 8.06. The van der Waals surface area contributed by atoms with Crippen LogP contribution in [0, 0.1) is 5.92 Å². The van der Waals surface area contributed by atoms with E-state index in [1.807, 2.05) is 23.5 Å². The van der Waals surface area contributed by atoms with Crippen molar-refractivity contribution < 1.29 is 4.52 Å². The van der Waals surface area contributed by atoms with Crippen molar-refractivity contribution in [3.8, 4) is 0 Å². The van der Waals surface area contributed by atoms with Gasteiger partial charge in [0.1, 0.15) is 0 Å². The molecule has 106 valence electrons. The van der Waals surface area contributed by atoms with Gasteiger partial charge >= 0.3 is 0 Å². The normalized spacial score (nSPS) is 25.4. The number of hydrogen-bond donors (Lipinski definition) is 1. The molecule has 0 bridgehead atoms. The van der Waals surface area contributed by atoms with Gasteiger partial charge in [0.2, 0.25) is 5.89 Å². The third kappa shape index (κ3) is 3.67. The third-order valence-corrected chi connectivity index (χ3v) is 6.39. The molecule has 0 radical (unpaired) electrons. The van der Waals surface area contributed by atoms with Gasteiger partial charge in [0, 0.05) is 29.7 Å². The highest BCUT2D eigenvalue weighted by Crippen LogP contribution is 2.36. The van der Waals surface area contributed by atoms with Crippen molar-refractivity contribution in [2.45, 2.75) is 37.5 Å². The lowest BCUT2D eigenvalue weighted by Crippen LogP contribution is -2.33. The molecule has 4 nitrogen and oxygen atoms in total. The summed E-state index contributed by atoms with van der Waals surface area (Å²) in [5.41, 5.74) is 0. The van der Waals surface area contributed by atoms with E-state index in [0.717, 1.165) is 36.4 Å². The molecule has 2 aliphatic rings. The summed E-state index contributed by atoms with van der Waals surface area (Å²) in [7, 11) is 0. The van der Waals surface area contributed by atoms with Gasteiger partial charge in [-0.05, 0) is 25.3 Å². The molecule has 2 fully saturated rings. The first-order valence-electron chi connectivity index (χ1n) is 7.12. The van der Waals surface area contributed by atoms with Gasteiger partial charge in [0.15, 0.2) is 5.82 Å². The maximum atomic E-state index is 5.45. The van der Waals surface area contributed by atoms with E-state index in [1.54, 1.807) is 0 Å². The molecule has 6 heteroatoms. The fourth-order valence-corrected chi connectivity index (χ4v) is 5.06. The molecule has 0 spiro atoms. The molecular weight excluding hydrogens is 278 g/mol. The Bertz CT molecular complexity index is 402. The lowest BCUT2D eigenvalue weighted by atomic mass is 10.1. The average Bonchev–Trinajstić information content (AvgIpc) is 3.19. The van der Waals surface area contributed by atoms with E-state index >= 15 is 0 Å². The fraction of sp³-hybridized carbons (Fsp3) is 0.846. The lowest BCUT2D eigenvalue weighted by Gasteiger charge is -2.17. The number of nitrogens with zero attached hydrogens (tertiary/aromatic N) is 2. The monoisotopic (exact) mass is 299 g/mol. The van der Waals surface area contributed by atoms with Gasteiger partial charge in [-0.3, -0.25) is 0 Å². The minimum absolute atomic E-state index is 0.426. The van der Waals surface area contributed by atoms with Gasteiger partial charge in [-0.25, -0.2) is 0 Å². The Kier molecular flexibility index (Phi) is 4.71. The average molecular weight is 299 g/mol. The van der Waals surface area contributed by atoms with Crippen LogP contribution in [0.3, 0.4) is 0 Å². The van der Waals surface area contributed by atoms with Crippen LogP contribution in [0.2, 0.25) is 0 Å². The van der Waals surface area contributed by atoms with Gasteiger partial charge in [0.05, 0.1) is 5.25 Å². The minimum atomic E-state index is 0.426. The van der Waals surface area contributed by atoms with Crippen molar-refractivity contribution in [2.24, 2.45) is 5.92 Å². The molecule has 19 heavy (non-hydrogen) atoms. The Hall–Kier alpha value is -0.200. The van der Waals surface area contributed by atoms with Crippen molar-refractivity contribution in [3.05, 3.63) is 11.7 Å². The second-order valence-electron chi connectivity index (χ2n) is 5.19. The molecule has 3 rings (SSSR count). The Labute approximate surface area is 122 Å². The maximum Gasteiger partial charge on any atom is 0.228 e. The fourth-order valence-electron chi connectivity index (χ4n) is 2.47. The molecule has 1 saturated carbocycles. The first-order valence-corrected chi connectivity index (χ1v) is 9.32. The van der Waals surface area contributed by atoms with Gasteiger partial charge < -0.3 is 9.84 Å². The van der Waals surface area contributed by atoms with Crippen LogP contribution in [-0.4, -0.2) is 40.0 Å². The van der Waals surface area contributed by atoms with Gasteiger partial charge in [-0.1, -0.05) is 12.1 Å². The Morgan fingerprint density at radius 1 is 1.42 bits per heavy atom. The Balaban J connectivity index is 1.60. The zero-order valence-electron chi connectivity index (χ0n) is 11.3. The van der Waals surface area contributed by atoms with Gasteiger partial charge in [0.25, 0.3) is 0 Å². The predicted molar refractivity (Wildman–Crippen MR) is 80.7 cm³/mol. The molecule has 1 aliphatic carbocycles. The number of hydrogen-bond acceptors (Lipinski definition) is 6. The van der Waals surface area contributed by atoms with E-state index in [9.17, 15) is 0 Å². The number of likely N-dealkylation sites (N-methyl/N-ethyl adjacent to an activating group) is 1. The molecule has 1 aromatic heterocycles. The minimum Gasteiger partial charge on any atom is -0.339 e. The zero-order valence-corrected chi connectivity index (χ0v) is 12.9. The second-order valence-corrected chi connectivity index (χ2v) is 7.65. The van der Waals surface area contributed by atoms with E-state index in [2.05, 4.69) is 22.4 Å². The number of aromatic nitrogens is 2. The van der Waals surface area contributed by atoms with Gasteiger partial charge in [-0.15, -0.1) is 11.8 Å². The summed E-state index contributed by atoms with van der Waals surface area (Å²) in [5, 5.41) is 8.16. The molecule has 1 N–H and O–H groups in total. The van der Waals surface area contributed by atoms with E-state index in [0.29, 0.717) is 11.3 Å². The molecule has 2 atom stereocenters. The van der Waals surface area contributed by atoms with Crippen LogP contribution in [0.25, 0.3) is 0 Å². The van der Waals surface area contributed by atoms with Crippen LogP contribution in [0.1, 0.15) is 36.7 Å². The van der Waals surface area contributed by atoms with Gasteiger partial charge in [-0.2, -0.15) is 16.7 Å². The van der Waals surface area contributed by atoms with E-state index in [4.69, 9.17) is 4.52 Å². The van der Waals surface area contributed by atoms with Crippen LogP contribution in [0.4, 0.5) is 0 Å². The summed E-state index contributed by atoms with van der Waals surface area (Å²) in [4.78, 5) is 4.61. The number of thioether (sulfide) groups is 2. The maximum absolute atomic E-state index is 5.45. The Morgan fingerprint density at radius 3 is 3.00 bits per heavy atom. The van der Waals surface area contributed by atoms with Crippen molar-refractivity contribution in [2.75, 3.05) is 23.8 Å². The third-order valence-electron chi connectivity index (χ3n) is 3.64. The summed E-state index contributed by atoms with van der Waals surface area (Å²) >= 11 is 3.95. The highest BCUT2D eigenvalue weighted by Gasteiger charge is 2.32. The molecular formula is C13H21N3OS2. The van der Waals surface area contributed by atoms with Crippen LogP contribution in [-0.2, 0) is 6.42 Å². The molecule has 1 saturated heterocycles. The van der Waals surface area contributed by atoms with Crippen molar-refractivity contribution in [3.63, 3.8) is 0 Å². The zero-order chi connectivity index (χ0) is 13.1. The topological polar surface area (TPSA) is 51.0 Å². The molecule has 0 amide bonds. The number of rotatable bonds is 6. The van der Waals surface area contributed by atoms with E-state index in [-0.39, 0.29) is 0 Å². The van der Waals surface area contributed by atoms with Crippen LogP contribution in [0.15, 0.2) is 4.52 Å². The summed E-state index contributed by atoms with van der Waals surface area (Å²) in [6.07, 6.45) is 3.57. The summed E-state index contributed by atoms with van der Waals surface area (Å²) in [6.45, 7) is 3.17. The van der Waals surface area contributed by atoms with Crippen LogP contribution >= 0.6 is 23.5 Å². The van der Waals surface area contributed by atoms with E-state index < -0.39 is 0 Å². The smallest absolute Gasteiger partial charge is 0.228 e. The lowest BCUT2D eigenvalue weighted by molar-refractivity contribution is 0.345. The van der Waals surface area contributed by atoms with E-state index in [1.165, 1.54) is 24.3 Å². The number of nitrogens with one attached hydrogen (secondary N) is 1. The molecule has 0 aromatic carbocycles. The molecule has 2 unspecified atom stereocenters. The molecule has 2 heterocycles. The summed E-state index contributed by atoms with van der Waals surface area (Å²) in [5.74, 6) is 6.08. The quantitative estimate of drug-likeness (QED) is 0.871. The van der Waals surface area contributed by atoms with Crippen molar-refractivity contribution >= 4 is 23.5 Å². The molecule has 1 aliphatic heterocycles. The van der Waals surface area contributed by atoms with Crippen molar-refractivity contribution in [1.29, 1.82) is 0 Å². The first kappa shape index (κ1) is 13.8. The standard InChI is InChI=1S/C13H21N3OS2/c1-2-14-10(9-3-4-9)7-12-15-13(16-17-12)11-8-18-5-6-19-11/h9-11,14H,2-8H2,1H3. The first-order chi connectivity index (χ1) is 9.36. The highest BCUT2D eigenvalue weighted by atomic mass is 32.2. The summed E-state index contributed by atoms with van der Waals surface area (Å²) in [6, 6.07) is 0.520. The van der Waals surface area contributed by atoms with Crippen LogP contribution < -0.4 is 5.32 Å². The SMILES string of the molecule is CCNC(Cc1nc(C2CSCCS2)no1)C1CC1. The predicted octanol–water partition coefficient (Wildman–Crippen LogP) is 2.52. The summed E-state index contributed by atoms with van der Waals surface area (Å²) < 4.78 is 5.45. The van der Waals surface area contributed by atoms with Crippen molar-refractivity contribution in [1.82, 2.24) is 15.5 Å². The second kappa shape index (κ2) is 6.50. The molecule has 1 aromatic rings. The Morgan fingerprint density at radius 2 is 2.32 bits per heavy atom. The largest absolute Gasteiger partial charge is 0.339 e. The van der Waals surface area contributed by atoms with Crippen LogP contribution in [0.5, 0.6) is 0 Å².